The van der Waals surface area contributed by atoms with Crippen molar-refractivity contribution < 1.29 is 20.1 Å². The second-order valence-corrected chi connectivity index (χ2v) is 12.1. The summed E-state index contributed by atoms with van der Waals surface area (Å²) in [6.45, 7) is 13.5. The Kier molecular flexibility index (Phi) is 9.73. The van der Waals surface area contributed by atoms with Crippen molar-refractivity contribution in [1.82, 2.24) is 0 Å². The van der Waals surface area contributed by atoms with E-state index in [4.69, 9.17) is 4.74 Å². The molecule has 3 N–H and O–H groups in total. The highest BCUT2D eigenvalue weighted by molar-refractivity contribution is 5.28. The van der Waals surface area contributed by atoms with Gasteiger partial charge < -0.3 is 20.1 Å². The molecule has 0 saturated heterocycles. The Bertz CT molecular complexity index is 731. The van der Waals surface area contributed by atoms with Crippen LogP contribution in [0.25, 0.3) is 0 Å². The van der Waals surface area contributed by atoms with Crippen LogP contribution in [0.2, 0.25) is 0 Å². The highest BCUT2D eigenvalue weighted by atomic mass is 16.5. The van der Waals surface area contributed by atoms with Crippen LogP contribution >= 0.6 is 0 Å². The average Bonchev–Trinajstić information content (AvgIpc) is 3.58. The monoisotopic (exact) mass is 490 g/mol. The van der Waals surface area contributed by atoms with Crippen LogP contribution in [0.3, 0.4) is 0 Å². The fourth-order valence-electron chi connectivity index (χ4n) is 7.59. The Balaban J connectivity index is 0.00000167. The number of hydrogen-bond acceptors (Lipinski definition) is 4. The molecule has 5 unspecified atom stereocenters. The predicted molar refractivity (Wildman–Crippen MR) is 144 cm³/mol. The first-order chi connectivity index (χ1) is 16.7. The van der Waals surface area contributed by atoms with E-state index in [0.717, 1.165) is 44.9 Å². The minimum Gasteiger partial charge on any atom is -0.392 e. The van der Waals surface area contributed by atoms with E-state index < -0.39 is 5.60 Å². The van der Waals surface area contributed by atoms with Crippen molar-refractivity contribution in [3.63, 3.8) is 0 Å². The van der Waals surface area contributed by atoms with Gasteiger partial charge in [0.15, 0.2) is 0 Å². The van der Waals surface area contributed by atoms with E-state index in [9.17, 15) is 15.3 Å². The van der Waals surface area contributed by atoms with Crippen LogP contribution < -0.4 is 0 Å². The Morgan fingerprint density at radius 2 is 1.66 bits per heavy atom. The Morgan fingerprint density at radius 3 is 2.23 bits per heavy atom. The van der Waals surface area contributed by atoms with Gasteiger partial charge in [0.1, 0.15) is 0 Å². The fraction of sp³-hybridized carbons (Fsp3) is 0.871. The molecule has 0 heterocycles. The average molecular weight is 491 g/mol. The topological polar surface area (TPSA) is 69.9 Å². The summed E-state index contributed by atoms with van der Waals surface area (Å²) < 4.78 is 6.33. The molecule has 4 nitrogen and oxygen atoms in total. The molecule has 0 aromatic rings. The van der Waals surface area contributed by atoms with Crippen LogP contribution in [0.4, 0.5) is 0 Å². The quantitative estimate of drug-likeness (QED) is 0.353. The summed E-state index contributed by atoms with van der Waals surface area (Å²) in [6, 6.07) is 0. The van der Waals surface area contributed by atoms with Crippen molar-refractivity contribution in [1.29, 1.82) is 0 Å². The molecule has 0 aromatic heterocycles. The van der Waals surface area contributed by atoms with Crippen LogP contribution in [0.5, 0.6) is 0 Å². The minimum absolute atomic E-state index is 0.188. The third-order valence-electron chi connectivity index (χ3n) is 10.5. The third-order valence-corrected chi connectivity index (χ3v) is 10.5. The van der Waals surface area contributed by atoms with E-state index in [2.05, 4.69) is 39.8 Å². The van der Waals surface area contributed by atoms with Gasteiger partial charge in [0.05, 0.1) is 23.9 Å². The van der Waals surface area contributed by atoms with Gasteiger partial charge in [-0.1, -0.05) is 57.9 Å². The molecule has 0 radical (unpaired) electrons. The molecule has 1 spiro atoms. The van der Waals surface area contributed by atoms with Gasteiger partial charge in [0, 0.05) is 12.0 Å². The zero-order chi connectivity index (χ0) is 25.9. The maximum Gasteiger partial charge on any atom is 0.0664 e. The van der Waals surface area contributed by atoms with Gasteiger partial charge in [-0.05, 0) is 101 Å². The first-order valence-corrected chi connectivity index (χ1v) is 14.8. The molecule has 0 bridgehead atoms. The molecular formula is C31H54O4. The van der Waals surface area contributed by atoms with Crippen LogP contribution in [0.15, 0.2) is 23.3 Å². The summed E-state index contributed by atoms with van der Waals surface area (Å²) in [7, 11) is 0. The highest BCUT2D eigenvalue weighted by Gasteiger charge is 2.56. The molecule has 4 aliphatic rings. The summed E-state index contributed by atoms with van der Waals surface area (Å²) in [6.07, 6.45) is 15.8. The number of aliphatic hydroxyl groups excluding tert-OH is 2. The standard InChI is InChI=1S/C29H48O4.C2H6/c1-5-28(32,6-2)16-17-33-20(3)23-11-12-24-22(8-7-13-27(23,24)4)10-9-21-18-25(30)29(14-15-29)26(31)19-21;1-2/h9-10,20,23-26,30-32H,5-8,11-19H2,1-4H3;1-2H3/b21-9?,22-10+;/t20?,23?,24?,25-,26?,27?;/m1./s1. The van der Waals surface area contributed by atoms with Crippen molar-refractivity contribution in [2.75, 3.05) is 6.61 Å². The zero-order valence-electron chi connectivity index (χ0n) is 23.5. The van der Waals surface area contributed by atoms with E-state index in [0.29, 0.717) is 18.4 Å². The summed E-state index contributed by atoms with van der Waals surface area (Å²) in [4.78, 5) is 0. The molecule has 0 aliphatic heterocycles. The summed E-state index contributed by atoms with van der Waals surface area (Å²) in [5.74, 6) is 1.17. The van der Waals surface area contributed by atoms with E-state index in [1.54, 1.807) is 5.57 Å². The summed E-state index contributed by atoms with van der Waals surface area (Å²) >= 11 is 0. The summed E-state index contributed by atoms with van der Waals surface area (Å²) in [5.41, 5.74) is 2.27. The van der Waals surface area contributed by atoms with Gasteiger partial charge in [-0.15, -0.1) is 0 Å². The number of allylic oxidation sites excluding steroid dienone is 3. The third kappa shape index (κ3) is 5.92. The normalized spacial score (nSPS) is 37.2. The smallest absolute Gasteiger partial charge is 0.0664 e. The second-order valence-electron chi connectivity index (χ2n) is 12.1. The lowest BCUT2D eigenvalue weighted by Crippen LogP contribution is -2.39. The minimum atomic E-state index is -0.588. The van der Waals surface area contributed by atoms with Crippen LogP contribution in [0, 0.1) is 22.7 Å². The van der Waals surface area contributed by atoms with Crippen molar-refractivity contribution in [3.05, 3.63) is 23.3 Å². The molecule has 0 aromatic carbocycles. The van der Waals surface area contributed by atoms with Crippen molar-refractivity contribution in [2.24, 2.45) is 22.7 Å². The summed E-state index contributed by atoms with van der Waals surface area (Å²) in [5, 5.41) is 31.7. The largest absolute Gasteiger partial charge is 0.392 e. The van der Waals surface area contributed by atoms with Crippen molar-refractivity contribution >= 4 is 0 Å². The van der Waals surface area contributed by atoms with Gasteiger partial charge in [-0.25, -0.2) is 0 Å². The first-order valence-electron chi connectivity index (χ1n) is 14.8. The fourth-order valence-corrected chi connectivity index (χ4v) is 7.59. The van der Waals surface area contributed by atoms with Crippen LogP contribution in [0.1, 0.15) is 119 Å². The van der Waals surface area contributed by atoms with Crippen molar-refractivity contribution in [2.45, 2.75) is 143 Å². The molecule has 4 aliphatic carbocycles. The number of rotatable bonds is 8. The highest BCUT2D eigenvalue weighted by Crippen LogP contribution is 2.59. The Morgan fingerprint density at radius 1 is 1.03 bits per heavy atom. The zero-order valence-corrected chi connectivity index (χ0v) is 23.5. The van der Waals surface area contributed by atoms with Gasteiger partial charge in [0.2, 0.25) is 0 Å². The Hall–Kier alpha value is -0.680. The number of ether oxygens (including phenoxy) is 1. The van der Waals surface area contributed by atoms with Gasteiger partial charge >= 0.3 is 0 Å². The van der Waals surface area contributed by atoms with E-state index in [-0.39, 0.29) is 29.1 Å². The SMILES string of the molecule is CC.CCC(O)(CC)CCOC(C)C1CCC2/C(=C/C=C3CC(O)C4(CC4)[C@H](O)C3)CCCC21C. The molecule has 4 saturated carbocycles. The first kappa shape index (κ1) is 28.9. The molecular weight excluding hydrogens is 436 g/mol. The van der Waals surface area contributed by atoms with Gasteiger partial charge in [-0.2, -0.15) is 0 Å². The van der Waals surface area contributed by atoms with Crippen LogP contribution in [-0.4, -0.2) is 45.8 Å². The number of hydrogen-bond donors (Lipinski definition) is 3. The Labute approximate surface area is 215 Å². The van der Waals surface area contributed by atoms with E-state index in [1.807, 2.05) is 13.8 Å². The lowest BCUT2D eigenvalue weighted by Gasteiger charge is -2.44. The maximum atomic E-state index is 10.6. The molecule has 0 amide bonds. The number of aliphatic hydroxyl groups is 3. The van der Waals surface area contributed by atoms with Gasteiger partial charge in [0.25, 0.3) is 0 Å². The maximum absolute atomic E-state index is 10.6. The molecule has 202 valence electrons. The molecule has 35 heavy (non-hydrogen) atoms. The second kappa shape index (κ2) is 11.8. The van der Waals surface area contributed by atoms with E-state index in [1.165, 1.54) is 37.7 Å². The lowest BCUT2D eigenvalue weighted by molar-refractivity contribution is -0.0559. The van der Waals surface area contributed by atoms with E-state index >= 15 is 0 Å². The van der Waals surface area contributed by atoms with Gasteiger partial charge in [-0.3, -0.25) is 0 Å². The van der Waals surface area contributed by atoms with Crippen molar-refractivity contribution in [3.8, 4) is 0 Å². The lowest BCUT2D eigenvalue weighted by atomic mass is 9.62. The molecule has 4 heteroatoms. The predicted octanol–water partition coefficient (Wildman–Crippen LogP) is 6.72. The molecule has 4 rings (SSSR count). The molecule has 4 fully saturated rings. The van der Waals surface area contributed by atoms with Crippen LogP contribution in [-0.2, 0) is 4.74 Å². The number of fused-ring (bicyclic) bond motifs is 1. The molecule has 6 atom stereocenters.